The average Bonchev–Trinajstić information content (AvgIpc) is 2.36. The second kappa shape index (κ2) is 6.49. The maximum absolute atomic E-state index is 4.18. The van der Waals surface area contributed by atoms with Crippen LogP contribution in [0, 0.1) is 6.92 Å². The molecule has 1 rings (SSSR count). The quantitative estimate of drug-likeness (QED) is 0.379. The van der Waals surface area contributed by atoms with Crippen LogP contribution in [0.4, 0.5) is 0 Å². The molecule has 0 unspecified atom stereocenters. The van der Waals surface area contributed by atoms with Crippen molar-refractivity contribution in [3.63, 3.8) is 0 Å². The minimum absolute atomic E-state index is 0. The Morgan fingerprint density at radius 1 is 1.46 bits per heavy atom. The van der Waals surface area contributed by atoms with E-state index in [9.17, 15) is 0 Å². The Morgan fingerprint density at radius 2 is 2.15 bits per heavy atom. The molecule has 0 saturated carbocycles. The van der Waals surface area contributed by atoms with Gasteiger partial charge in [0.05, 0.1) is 13.6 Å². The van der Waals surface area contributed by atoms with Crippen LogP contribution in [0.25, 0.3) is 0 Å². The zero-order valence-electron chi connectivity index (χ0n) is 8.20. The zero-order valence-corrected chi connectivity index (χ0v) is 10.7. The van der Waals surface area contributed by atoms with Gasteiger partial charge in [-0.15, -0.1) is 0 Å². The van der Waals surface area contributed by atoms with E-state index in [4.69, 9.17) is 0 Å². The Balaban J connectivity index is 0.00000144. The third-order valence-electron chi connectivity index (χ3n) is 2.20. The van der Waals surface area contributed by atoms with Gasteiger partial charge < -0.3 is 17.0 Å². The highest BCUT2D eigenvalue weighted by atomic mass is 79.9. The molecule has 0 spiro atoms. The molecule has 0 bridgehead atoms. The maximum atomic E-state index is 4.18. The first-order chi connectivity index (χ1) is 5.75. The van der Waals surface area contributed by atoms with Crippen LogP contribution in [-0.4, -0.2) is 10.3 Å². The molecule has 1 aromatic rings. The first kappa shape index (κ1) is 13.0. The summed E-state index contributed by atoms with van der Waals surface area (Å²) in [6.45, 7) is 3.26. The fraction of sp³-hybridized carbons (Fsp3) is 0.667. The standard InChI is InChI=1S/C9H16N2S.BrH/c1-9-10(2)6-7-11(9)5-3-4-8-12;/h6-7H,3-5,8H2,1-2H3;1H. The number of aromatic nitrogens is 2. The lowest BCUT2D eigenvalue weighted by Gasteiger charge is -1.97. The van der Waals surface area contributed by atoms with E-state index >= 15 is 0 Å². The lowest BCUT2D eigenvalue weighted by atomic mass is 10.3. The van der Waals surface area contributed by atoms with E-state index < -0.39 is 0 Å². The zero-order chi connectivity index (χ0) is 8.97. The first-order valence-electron chi connectivity index (χ1n) is 4.38. The molecule has 2 nitrogen and oxygen atoms in total. The Hall–Kier alpha value is 0.0400. The summed E-state index contributed by atoms with van der Waals surface area (Å²) >= 11 is 4.18. The summed E-state index contributed by atoms with van der Waals surface area (Å²) in [5.41, 5.74) is 0. The van der Waals surface area contributed by atoms with Crippen LogP contribution in [0.15, 0.2) is 12.4 Å². The number of hydrogen-bond acceptors (Lipinski definition) is 1. The molecular formula is C9H17BrN2S. The van der Waals surface area contributed by atoms with E-state index in [1.54, 1.807) is 0 Å². The summed E-state index contributed by atoms with van der Waals surface area (Å²) in [6.07, 6.45) is 6.65. The lowest BCUT2D eigenvalue weighted by Crippen LogP contribution is -3.00. The van der Waals surface area contributed by atoms with Crippen molar-refractivity contribution in [1.29, 1.82) is 0 Å². The summed E-state index contributed by atoms with van der Waals surface area (Å²) in [4.78, 5) is 0. The Labute approximate surface area is 96.1 Å². The molecule has 0 aliphatic carbocycles. The van der Waals surface area contributed by atoms with Gasteiger partial charge in [0.2, 0.25) is 0 Å². The van der Waals surface area contributed by atoms with E-state index in [1.807, 2.05) is 0 Å². The second-order valence-electron chi connectivity index (χ2n) is 3.08. The monoisotopic (exact) mass is 264 g/mol. The molecule has 1 heterocycles. The highest BCUT2D eigenvalue weighted by Gasteiger charge is 2.06. The van der Waals surface area contributed by atoms with Crippen molar-refractivity contribution in [2.45, 2.75) is 26.3 Å². The largest absolute Gasteiger partial charge is 1.00 e. The van der Waals surface area contributed by atoms with Crippen LogP contribution >= 0.6 is 12.6 Å². The van der Waals surface area contributed by atoms with Crippen LogP contribution in [0.1, 0.15) is 18.7 Å². The van der Waals surface area contributed by atoms with Gasteiger partial charge >= 0.3 is 0 Å². The Morgan fingerprint density at radius 3 is 2.62 bits per heavy atom. The number of halogens is 1. The normalized spacial score (nSPS) is 9.77. The molecule has 0 fully saturated rings. The Bertz CT molecular complexity index is 248. The predicted molar refractivity (Wildman–Crippen MR) is 53.4 cm³/mol. The van der Waals surface area contributed by atoms with Crippen molar-refractivity contribution in [1.82, 2.24) is 4.57 Å². The summed E-state index contributed by atoms with van der Waals surface area (Å²) in [7, 11) is 2.07. The molecule has 0 radical (unpaired) electrons. The molecule has 0 amide bonds. The molecule has 0 aliphatic heterocycles. The summed E-state index contributed by atoms with van der Waals surface area (Å²) in [6, 6.07) is 0. The fourth-order valence-corrected chi connectivity index (χ4v) is 1.45. The SMILES string of the molecule is Cc1n(CCCCS)cc[n+]1C.[Br-]. The van der Waals surface area contributed by atoms with Crippen LogP contribution in [0.3, 0.4) is 0 Å². The van der Waals surface area contributed by atoms with Crippen molar-refractivity contribution in [2.24, 2.45) is 7.05 Å². The van der Waals surface area contributed by atoms with Gasteiger partial charge in [-0.25, -0.2) is 9.13 Å². The molecule has 0 aliphatic rings. The Kier molecular flexibility index (Phi) is 6.51. The lowest BCUT2D eigenvalue weighted by molar-refractivity contribution is -0.677. The van der Waals surface area contributed by atoms with Gasteiger partial charge in [-0.05, 0) is 18.6 Å². The second-order valence-corrected chi connectivity index (χ2v) is 3.53. The van der Waals surface area contributed by atoms with Gasteiger partial charge in [-0.1, -0.05) is 0 Å². The minimum atomic E-state index is 0. The van der Waals surface area contributed by atoms with Crippen molar-refractivity contribution in [2.75, 3.05) is 5.75 Å². The first-order valence-corrected chi connectivity index (χ1v) is 5.01. The topological polar surface area (TPSA) is 8.81 Å². The molecule has 76 valence electrons. The molecule has 0 N–H and O–H groups in total. The van der Waals surface area contributed by atoms with Crippen molar-refractivity contribution < 1.29 is 21.5 Å². The molecule has 13 heavy (non-hydrogen) atoms. The number of nitrogens with zero attached hydrogens (tertiary/aromatic N) is 2. The minimum Gasteiger partial charge on any atom is -1.00 e. The number of unbranched alkanes of at least 4 members (excludes halogenated alkanes) is 1. The number of hydrogen-bond donors (Lipinski definition) is 1. The van der Waals surface area contributed by atoms with E-state index in [0.717, 1.165) is 12.3 Å². The molecule has 0 atom stereocenters. The highest BCUT2D eigenvalue weighted by Crippen LogP contribution is 1.98. The maximum Gasteiger partial charge on any atom is 0.253 e. The van der Waals surface area contributed by atoms with E-state index in [2.05, 4.69) is 48.1 Å². The number of aryl methyl sites for hydroxylation is 2. The predicted octanol–water partition coefficient (Wildman–Crippen LogP) is -1.66. The van der Waals surface area contributed by atoms with Crippen LogP contribution in [0.2, 0.25) is 0 Å². The third-order valence-corrected chi connectivity index (χ3v) is 2.52. The smallest absolute Gasteiger partial charge is 0.253 e. The van der Waals surface area contributed by atoms with Gasteiger partial charge in [-0.3, -0.25) is 0 Å². The number of rotatable bonds is 4. The molecule has 4 heteroatoms. The number of imidazole rings is 1. The summed E-state index contributed by atoms with van der Waals surface area (Å²) < 4.78 is 4.42. The van der Waals surface area contributed by atoms with Gasteiger partial charge in [0, 0.05) is 6.92 Å². The van der Waals surface area contributed by atoms with Gasteiger partial charge in [0.15, 0.2) is 0 Å². The number of thiol groups is 1. The van der Waals surface area contributed by atoms with Gasteiger partial charge in [0.1, 0.15) is 12.4 Å². The van der Waals surface area contributed by atoms with Crippen LogP contribution in [0.5, 0.6) is 0 Å². The van der Waals surface area contributed by atoms with Gasteiger partial charge in [-0.2, -0.15) is 12.6 Å². The third kappa shape index (κ3) is 3.73. The molecule has 1 aromatic heterocycles. The van der Waals surface area contributed by atoms with Crippen molar-refractivity contribution in [3.05, 3.63) is 18.2 Å². The average molecular weight is 265 g/mol. The summed E-state index contributed by atoms with van der Waals surface area (Å²) in [5.74, 6) is 2.31. The molecule has 0 saturated heterocycles. The van der Waals surface area contributed by atoms with E-state index in [0.29, 0.717) is 0 Å². The van der Waals surface area contributed by atoms with Crippen molar-refractivity contribution >= 4 is 12.6 Å². The molecular weight excluding hydrogens is 248 g/mol. The van der Waals surface area contributed by atoms with E-state index in [-0.39, 0.29) is 17.0 Å². The summed E-state index contributed by atoms with van der Waals surface area (Å²) in [5, 5.41) is 0. The van der Waals surface area contributed by atoms with Crippen LogP contribution < -0.4 is 21.5 Å². The highest BCUT2D eigenvalue weighted by molar-refractivity contribution is 7.80. The van der Waals surface area contributed by atoms with Crippen molar-refractivity contribution in [3.8, 4) is 0 Å². The molecule has 0 aromatic carbocycles. The van der Waals surface area contributed by atoms with E-state index in [1.165, 1.54) is 18.7 Å². The fourth-order valence-electron chi connectivity index (χ4n) is 1.23. The van der Waals surface area contributed by atoms with Crippen LogP contribution in [-0.2, 0) is 13.6 Å². The van der Waals surface area contributed by atoms with Gasteiger partial charge in [0.25, 0.3) is 5.82 Å².